The fraction of sp³-hybridized carbons (Fsp3) is 0.324. The molecule has 8 nitrogen and oxygen atoms in total. The number of para-hydroxylation sites is 1. The van der Waals surface area contributed by atoms with Crippen molar-refractivity contribution in [3.8, 4) is 5.75 Å². The van der Waals surface area contributed by atoms with Crippen molar-refractivity contribution in [2.75, 3.05) is 11.4 Å². The van der Waals surface area contributed by atoms with Crippen LogP contribution in [0.3, 0.4) is 0 Å². The van der Waals surface area contributed by atoms with E-state index in [0.29, 0.717) is 43.4 Å². The molecule has 0 spiro atoms. The van der Waals surface area contributed by atoms with Crippen LogP contribution in [-0.4, -0.2) is 36.5 Å². The summed E-state index contributed by atoms with van der Waals surface area (Å²) in [7, 11) is 0. The van der Waals surface area contributed by atoms with Gasteiger partial charge in [-0.25, -0.2) is 9.37 Å². The van der Waals surface area contributed by atoms with E-state index in [1.165, 1.54) is 6.07 Å². The van der Waals surface area contributed by atoms with Crippen LogP contribution in [0.25, 0.3) is 0 Å². The molecule has 0 fully saturated rings. The van der Waals surface area contributed by atoms with Gasteiger partial charge in [0, 0.05) is 31.6 Å². The Morgan fingerprint density at radius 1 is 0.907 bits per heavy atom. The van der Waals surface area contributed by atoms with E-state index in [-0.39, 0.29) is 11.8 Å². The summed E-state index contributed by atoms with van der Waals surface area (Å²) in [5.74, 6) is 0.410. The lowest BCUT2D eigenvalue weighted by atomic mass is 10.1. The summed E-state index contributed by atoms with van der Waals surface area (Å²) in [5.41, 5.74) is 4.55. The summed E-state index contributed by atoms with van der Waals surface area (Å²) in [6, 6.07) is 25.1. The first kappa shape index (κ1) is 28.6. The van der Waals surface area contributed by atoms with Crippen molar-refractivity contribution < 1.29 is 13.9 Å². The summed E-state index contributed by atoms with van der Waals surface area (Å²) >= 11 is 0. The number of halogens is 1. The van der Waals surface area contributed by atoms with Gasteiger partial charge in [0.05, 0.1) is 18.8 Å². The molecule has 0 aliphatic carbocycles. The number of hydrogen-bond acceptors (Lipinski definition) is 7. The molecule has 3 heterocycles. The highest BCUT2D eigenvalue weighted by Gasteiger charge is 2.29. The molecule has 4 bridgehead atoms. The number of benzene rings is 3. The van der Waals surface area contributed by atoms with Crippen molar-refractivity contribution in [2.24, 2.45) is 0 Å². The molecule has 222 valence electrons. The van der Waals surface area contributed by atoms with Crippen molar-refractivity contribution in [3.63, 3.8) is 0 Å². The zero-order chi connectivity index (χ0) is 29.6. The van der Waals surface area contributed by atoms with Gasteiger partial charge in [0.1, 0.15) is 11.4 Å². The maximum absolute atomic E-state index is 14.3. The summed E-state index contributed by atoms with van der Waals surface area (Å²) in [6.07, 6.45) is 5.14. The van der Waals surface area contributed by atoms with E-state index in [4.69, 9.17) is 9.40 Å². The molecule has 0 amide bonds. The molecule has 1 atom stereocenters. The van der Waals surface area contributed by atoms with Gasteiger partial charge in [-0.1, -0.05) is 84.9 Å². The molecule has 0 saturated carbocycles. The Hall–Kier alpha value is -4.50. The average molecular weight is 581 g/mol. The van der Waals surface area contributed by atoms with Crippen molar-refractivity contribution in [3.05, 3.63) is 125 Å². The van der Waals surface area contributed by atoms with E-state index in [0.717, 1.165) is 54.9 Å². The summed E-state index contributed by atoms with van der Waals surface area (Å²) in [6.45, 7) is 5.08. The van der Waals surface area contributed by atoms with Gasteiger partial charge in [-0.2, -0.15) is 0 Å². The van der Waals surface area contributed by atoms with Crippen molar-refractivity contribution in [2.45, 2.75) is 64.8 Å². The number of phenols is 1. The second-order valence-corrected chi connectivity index (χ2v) is 11.1. The number of aromatic hydroxyl groups is 1. The highest BCUT2D eigenvalue weighted by atomic mass is 19.1. The largest absolute Gasteiger partial charge is 0.505 e. The van der Waals surface area contributed by atoms with Crippen LogP contribution >= 0.6 is 0 Å². The normalized spacial score (nSPS) is 16.2. The maximum Gasteiger partial charge on any atom is 0.220 e. The van der Waals surface area contributed by atoms with Gasteiger partial charge in [0.2, 0.25) is 11.8 Å². The molecule has 1 N–H and O–H groups in total. The third-order valence-corrected chi connectivity index (χ3v) is 7.99. The molecular weight excluding hydrogens is 543 g/mol. The number of hydrogen-bond donors (Lipinski definition) is 1. The first-order valence-electron chi connectivity index (χ1n) is 15.0. The van der Waals surface area contributed by atoms with E-state index in [1.807, 2.05) is 47.3 Å². The second kappa shape index (κ2) is 13.2. The van der Waals surface area contributed by atoms with Gasteiger partial charge in [-0.15, -0.1) is 5.10 Å². The van der Waals surface area contributed by atoms with Gasteiger partial charge in [0.25, 0.3) is 0 Å². The summed E-state index contributed by atoms with van der Waals surface area (Å²) in [5, 5.41) is 19.4. The molecule has 2 aromatic heterocycles. The third kappa shape index (κ3) is 6.78. The second-order valence-electron chi connectivity index (χ2n) is 11.1. The van der Waals surface area contributed by atoms with Crippen LogP contribution in [0, 0.1) is 5.82 Å². The average Bonchev–Trinajstić information content (AvgIpc) is 3.65. The highest BCUT2D eigenvalue weighted by molar-refractivity contribution is 5.45. The first-order chi connectivity index (χ1) is 21.1. The van der Waals surface area contributed by atoms with Crippen molar-refractivity contribution >= 4 is 5.88 Å². The molecule has 1 aliphatic rings. The topological polar surface area (TPSA) is 83.5 Å². The number of fused-ring (bicyclic) bond motifs is 4. The monoisotopic (exact) mass is 580 g/mol. The minimum atomic E-state index is -0.616. The lowest BCUT2D eigenvalue weighted by Gasteiger charge is -2.29. The smallest absolute Gasteiger partial charge is 0.220 e. The van der Waals surface area contributed by atoms with E-state index in [2.05, 4.69) is 51.3 Å². The molecule has 1 unspecified atom stereocenters. The highest BCUT2D eigenvalue weighted by Crippen LogP contribution is 2.35. The Morgan fingerprint density at radius 2 is 1.65 bits per heavy atom. The maximum atomic E-state index is 14.3. The van der Waals surface area contributed by atoms with Crippen LogP contribution in [0.4, 0.5) is 10.3 Å². The molecule has 0 saturated heterocycles. The Bertz CT molecular complexity index is 1620. The number of nitrogens with zero attached hydrogens (tertiary/aromatic N) is 6. The van der Waals surface area contributed by atoms with Gasteiger partial charge >= 0.3 is 0 Å². The fourth-order valence-electron chi connectivity index (χ4n) is 5.80. The van der Waals surface area contributed by atoms with E-state index < -0.39 is 5.82 Å². The number of phenolic OH excluding ortho intramolecular Hbond substituents is 1. The number of oxazole rings is 1. The van der Waals surface area contributed by atoms with Crippen molar-refractivity contribution in [1.82, 2.24) is 24.9 Å². The van der Waals surface area contributed by atoms with Crippen molar-refractivity contribution in [1.29, 1.82) is 0 Å². The molecule has 43 heavy (non-hydrogen) atoms. The van der Waals surface area contributed by atoms with E-state index >= 15 is 0 Å². The van der Waals surface area contributed by atoms with Gasteiger partial charge in [-0.05, 0) is 43.0 Å². The molecule has 5 aromatic rings. The zero-order valence-corrected chi connectivity index (χ0v) is 24.4. The third-order valence-electron chi connectivity index (χ3n) is 7.99. The Morgan fingerprint density at radius 3 is 2.42 bits per heavy atom. The zero-order valence-electron chi connectivity index (χ0n) is 24.4. The van der Waals surface area contributed by atoms with Gasteiger partial charge in [-0.3, -0.25) is 9.58 Å². The number of aromatic nitrogens is 4. The fourth-order valence-corrected chi connectivity index (χ4v) is 5.80. The Kier molecular flexibility index (Phi) is 8.79. The van der Waals surface area contributed by atoms with Crippen LogP contribution in [0.5, 0.6) is 5.75 Å². The Labute approximate surface area is 251 Å². The quantitative estimate of drug-likeness (QED) is 0.231. The van der Waals surface area contributed by atoms with Crippen LogP contribution in [0.1, 0.15) is 66.2 Å². The van der Waals surface area contributed by atoms with Crippen LogP contribution in [-0.2, 0) is 32.6 Å². The van der Waals surface area contributed by atoms with Crippen LogP contribution < -0.4 is 4.90 Å². The predicted molar refractivity (Wildman–Crippen MR) is 163 cm³/mol. The number of anilines is 1. The standard InChI is InChI=1S/C34H37FN6O2/c1-2-31-33-36-30(20-25-12-5-3-6-13-25)34(43-33)40(21-26-14-7-4-8-15-26)23-28-24-41(38-37-28)19-10-9-18-39(31)22-27-16-11-17-29(35)32(27)42/h3-8,11-17,24,31,42H,2,9-10,18-23H2,1H3. The Balaban J connectivity index is 1.44. The molecule has 6 rings (SSSR count). The lowest BCUT2D eigenvalue weighted by Crippen LogP contribution is -2.30. The van der Waals surface area contributed by atoms with Gasteiger partial charge < -0.3 is 14.4 Å². The minimum Gasteiger partial charge on any atom is -0.505 e. The first-order valence-corrected chi connectivity index (χ1v) is 15.0. The molecular formula is C34H37FN6O2. The molecule has 3 aromatic carbocycles. The predicted octanol–water partition coefficient (Wildman–Crippen LogP) is 6.66. The molecule has 0 radical (unpaired) electrons. The van der Waals surface area contributed by atoms with Crippen LogP contribution in [0.15, 0.2) is 89.5 Å². The molecule has 1 aliphatic heterocycles. The van der Waals surface area contributed by atoms with Crippen LogP contribution in [0.2, 0.25) is 0 Å². The van der Waals surface area contributed by atoms with E-state index in [1.54, 1.807) is 12.1 Å². The number of aryl methyl sites for hydroxylation is 1. The number of rotatable bonds is 7. The lowest BCUT2D eigenvalue weighted by molar-refractivity contribution is 0.151. The SMILES string of the molecule is CCC1c2nc(Cc3ccccc3)c(o2)N(Cc2ccccc2)Cc2cn(nn2)CCCCN1Cc1cccc(F)c1O. The molecule has 9 heteroatoms. The van der Waals surface area contributed by atoms with Gasteiger partial charge in [0.15, 0.2) is 11.6 Å². The van der Waals surface area contributed by atoms with E-state index in [9.17, 15) is 9.50 Å². The summed E-state index contributed by atoms with van der Waals surface area (Å²) < 4.78 is 23.0. The summed E-state index contributed by atoms with van der Waals surface area (Å²) in [4.78, 5) is 9.60. The minimum absolute atomic E-state index is 0.168.